The fourth-order valence-corrected chi connectivity index (χ4v) is 6.05. The summed E-state index contributed by atoms with van der Waals surface area (Å²) in [6.45, 7) is -2.19. The summed E-state index contributed by atoms with van der Waals surface area (Å²) in [4.78, 5) is 22.9. The van der Waals surface area contributed by atoms with Crippen LogP contribution in [0.4, 0.5) is 5.69 Å². The number of hydrogen-bond donors (Lipinski definition) is 2. The van der Waals surface area contributed by atoms with E-state index >= 15 is 0 Å². The SMILES string of the molecule is [2H]C([2H])([2H])C1(C([2H])([2H])[2H])CC(c2ccc(NC(=O)c3nc(C#N)cn3COCC[Si](C)(C)C)c(C3=CCC(C)(C)CC3)n2)CC(C([2H])([2H])[2H])(C([2H])([2H])[2H])N1. The monoisotopic (exact) mass is 602 g/mol. The van der Waals surface area contributed by atoms with Crippen LogP contribution in [0.2, 0.25) is 25.7 Å². The van der Waals surface area contributed by atoms with Crippen LogP contribution in [0.1, 0.15) is 123 Å². The Morgan fingerprint density at radius 2 is 1.93 bits per heavy atom. The van der Waals surface area contributed by atoms with Gasteiger partial charge in [-0.2, -0.15) is 5.26 Å². The first kappa shape index (κ1) is 19.5. The number of aromatic nitrogens is 3. The molecule has 0 bridgehead atoms. The van der Waals surface area contributed by atoms with Crippen LogP contribution in [0.25, 0.3) is 5.57 Å². The summed E-state index contributed by atoms with van der Waals surface area (Å²) in [5.74, 6) is -2.03. The van der Waals surface area contributed by atoms with Gasteiger partial charge in [0.2, 0.25) is 5.82 Å². The van der Waals surface area contributed by atoms with Gasteiger partial charge >= 0.3 is 0 Å². The van der Waals surface area contributed by atoms with Crippen LogP contribution in [0, 0.1) is 16.7 Å². The van der Waals surface area contributed by atoms with Crippen molar-refractivity contribution in [3.8, 4) is 6.07 Å². The van der Waals surface area contributed by atoms with E-state index in [9.17, 15) is 10.1 Å². The molecule has 4 rings (SSSR count). The van der Waals surface area contributed by atoms with Crippen molar-refractivity contribution in [3.63, 3.8) is 0 Å². The smallest absolute Gasteiger partial charge is 0.291 e. The van der Waals surface area contributed by atoms with Gasteiger partial charge < -0.3 is 19.9 Å². The fraction of sp³-hybridized carbons (Fsp3) is 0.636. The molecule has 0 radical (unpaired) electrons. The molecule has 2 N–H and O–H groups in total. The molecule has 0 atom stereocenters. The number of hydrogen-bond acceptors (Lipinski definition) is 6. The fourth-order valence-electron chi connectivity index (χ4n) is 5.29. The molecule has 1 aliphatic carbocycles. The lowest BCUT2D eigenvalue weighted by Crippen LogP contribution is -2.57. The zero-order chi connectivity index (χ0) is 40.9. The predicted octanol–water partition coefficient (Wildman–Crippen LogP) is 7.33. The van der Waals surface area contributed by atoms with E-state index in [1.54, 1.807) is 0 Å². The molecule has 1 aliphatic heterocycles. The quantitative estimate of drug-likeness (QED) is 0.230. The van der Waals surface area contributed by atoms with Crippen LogP contribution in [0.15, 0.2) is 24.4 Å². The largest absolute Gasteiger partial charge is 0.361 e. The van der Waals surface area contributed by atoms with Gasteiger partial charge in [-0.25, -0.2) is 4.98 Å². The molecule has 42 heavy (non-hydrogen) atoms. The minimum atomic E-state index is -3.37. The molecule has 1 saturated heterocycles. The Bertz CT molecular complexity index is 1710. The van der Waals surface area contributed by atoms with Crippen molar-refractivity contribution >= 4 is 25.2 Å². The van der Waals surface area contributed by atoms with Gasteiger partial charge in [0.1, 0.15) is 12.8 Å². The minimum Gasteiger partial charge on any atom is -0.361 e. The zero-order valence-electron chi connectivity index (χ0n) is 37.1. The van der Waals surface area contributed by atoms with Gasteiger partial charge in [0, 0.05) is 60.0 Å². The third-order valence-electron chi connectivity index (χ3n) is 7.71. The zero-order valence-corrected chi connectivity index (χ0v) is 26.1. The van der Waals surface area contributed by atoms with E-state index < -0.39 is 71.2 Å². The maximum atomic E-state index is 13.8. The topological polar surface area (TPSA) is 105 Å². The lowest BCUT2D eigenvalue weighted by Gasteiger charge is -2.46. The maximum Gasteiger partial charge on any atom is 0.291 e. The van der Waals surface area contributed by atoms with E-state index in [4.69, 9.17) is 26.2 Å². The van der Waals surface area contributed by atoms with Gasteiger partial charge in [-0.05, 0) is 88.7 Å². The molecule has 3 heterocycles. The van der Waals surface area contributed by atoms with E-state index in [1.807, 2.05) is 12.1 Å². The maximum absolute atomic E-state index is 13.8. The number of amides is 1. The molecule has 1 amide bonds. The number of imidazole rings is 1. The molecule has 228 valence electrons. The van der Waals surface area contributed by atoms with Gasteiger partial charge in [0.15, 0.2) is 5.69 Å². The number of nitrogens with zero attached hydrogens (tertiary/aromatic N) is 4. The second-order valence-corrected chi connectivity index (χ2v) is 19.2. The van der Waals surface area contributed by atoms with Crippen LogP contribution >= 0.6 is 0 Å². The number of nitrogens with one attached hydrogen (secondary N) is 2. The Labute approximate surface area is 270 Å². The van der Waals surface area contributed by atoms with Crippen LogP contribution < -0.4 is 10.6 Å². The Hall–Kier alpha value is -2.80. The summed E-state index contributed by atoms with van der Waals surface area (Å²) < 4.78 is 107. The number of ether oxygens (including phenoxy) is 1. The molecule has 0 saturated carbocycles. The second-order valence-electron chi connectivity index (χ2n) is 13.6. The highest BCUT2D eigenvalue weighted by molar-refractivity contribution is 6.76. The molecular formula is C33H50N6O2Si. The summed E-state index contributed by atoms with van der Waals surface area (Å²) >= 11 is 0. The molecule has 2 aliphatic rings. The number of pyridine rings is 1. The Morgan fingerprint density at radius 1 is 1.21 bits per heavy atom. The highest BCUT2D eigenvalue weighted by Gasteiger charge is 2.39. The third-order valence-corrected chi connectivity index (χ3v) is 9.42. The number of carbonyl (C=O) groups excluding carboxylic acids is 1. The standard InChI is InChI=1S/C33H50N6O2Si/c1-31(2)14-12-23(13-15-31)28-27(11-10-26(36-28)24-18-32(3,4)38-33(5,6)19-24)37-30(40)29-35-25(20-34)21-39(29)22-41-16-17-42(7,8)9/h10-12,21,24,38H,13-19,22H2,1-9H3,(H,37,40)/i3D3,4D3,5D3,6D3. The molecule has 1 fully saturated rings. The van der Waals surface area contributed by atoms with Crippen LogP contribution in [-0.2, 0) is 11.5 Å². The minimum absolute atomic E-state index is 0.00441. The Kier molecular flexibility index (Phi) is 5.59. The summed E-state index contributed by atoms with van der Waals surface area (Å²) in [6, 6.07) is 5.75. The lowest BCUT2D eigenvalue weighted by atomic mass is 9.74. The third kappa shape index (κ3) is 8.39. The Morgan fingerprint density at radius 3 is 2.52 bits per heavy atom. The van der Waals surface area contributed by atoms with Crippen LogP contribution in [0.3, 0.4) is 0 Å². The average molecular weight is 603 g/mol. The normalized spacial score (nSPS) is 25.5. The molecule has 9 heteroatoms. The molecule has 8 nitrogen and oxygen atoms in total. The summed E-state index contributed by atoms with van der Waals surface area (Å²) in [5.41, 5.74) is -4.57. The molecule has 2 aromatic rings. The van der Waals surface area contributed by atoms with Gasteiger partial charge in [-0.1, -0.05) is 39.6 Å². The summed E-state index contributed by atoms with van der Waals surface area (Å²) in [5, 5.41) is 14.6. The lowest BCUT2D eigenvalue weighted by molar-refractivity contribution is 0.0808. The molecular weight excluding hydrogens is 540 g/mol. The van der Waals surface area contributed by atoms with Crippen molar-refractivity contribution in [2.24, 2.45) is 5.41 Å². The van der Waals surface area contributed by atoms with Gasteiger partial charge in [-0.3, -0.25) is 9.78 Å². The van der Waals surface area contributed by atoms with Crippen molar-refractivity contribution in [1.82, 2.24) is 19.9 Å². The molecule has 2 aromatic heterocycles. The van der Waals surface area contributed by atoms with Crippen molar-refractivity contribution in [2.75, 3.05) is 11.9 Å². The number of piperidine rings is 1. The first-order valence-corrected chi connectivity index (χ1v) is 18.0. The number of nitriles is 1. The van der Waals surface area contributed by atoms with Crippen molar-refractivity contribution in [2.45, 2.75) is 123 Å². The van der Waals surface area contributed by atoms with E-state index in [1.165, 1.54) is 22.9 Å². The number of rotatable bonds is 9. The molecule has 0 aromatic carbocycles. The predicted molar refractivity (Wildman–Crippen MR) is 172 cm³/mol. The van der Waals surface area contributed by atoms with Gasteiger partial charge in [-0.15, -0.1) is 0 Å². The first-order valence-electron chi connectivity index (χ1n) is 20.3. The molecule has 0 unspecified atom stereocenters. The highest BCUT2D eigenvalue weighted by Crippen LogP contribution is 2.42. The van der Waals surface area contributed by atoms with Gasteiger partial charge in [0.25, 0.3) is 5.91 Å². The first-order chi connectivity index (χ1) is 24.5. The van der Waals surface area contributed by atoms with E-state index in [0.717, 1.165) is 18.0 Å². The average Bonchev–Trinajstić information content (AvgIpc) is 3.44. The summed E-state index contributed by atoms with van der Waals surface area (Å²) in [7, 11) is -1.40. The van der Waals surface area contributed by atoms with Crippen LogP contribution in [0.5, 0.6) is 0 Å². The molecule has 0 spiro atoms. The Balaban J connectivity index is 1.84. The number of anilines is 1. The van der Waals surface area contributed by atoms with Crippen molar-refractivity contribution in [1.29, 1.82) is 5.26 Å². The number of carbonyl (C=O) groups is 1. The van der Waals surface area contributed by atoms with Crippen LogP contribution in [-0.4, -0.2) is 46.2 Å². The van der Waals surface area contributed by atoms with E-state index in [2.05, 4.69) is 49.1 Å². The summed E-state index contributed by atoms with van der Waals surface area (Å²) in [6.07, 6.45) is 3.96. The van der Waals surface area contributed by atoms with E-state index in [0.29, 0.717) is 19.4 Å². The number of allylic oxidation sites excluding steroid dienone is 2. The van der Waals surface area contributed by atoms with Crippen molar-refractivity contribution < 1.29 is 26.0 Å². The highest BCUT2D eigenvalue weighted by atomic mass is 28.3. The van der Waals surface area contributed by atoms with Crippen molar-refractivity contribution in [3.05, 3.63) is 47.3 Å². The van der Waals surface area contributed by atoms with E-state index in [-0.39, 0.29) is 40.7 Å². The van der Waals surface area contributed by atoms with Gasteiger partial charge in [0.05, 0.1) is 11.4 Å². The second kappa shape index (κ2) is 12.1.